The summed E-state index contributed by atoms with van der Waals surface area (Å²) >= 11 is 0. The minimum atomic E-state index is -5.32. The van der Waals surface area contributed by atoms with E-state index in [1.807, 2.05) is 18.2 Å². The Balaban J connectivity index is 1.36. The Morgan fingerprint density at radius 1 is 1.07 bits per heavy atom. The number of halogens is 4. The number of aryl methyl sites for hydroxylation is 1. The van der Waals surface area contributed by atoms with Crippen molar-refractivity contribution in [2.45, 2.75) is 51.7 Å². The molecule has 226 valence electrons. The predicted octanol–water partition coefficient (Wildman–Crippen LogP) is 2.89. The second kappa shape index (κ2) is 11.6. The zero-order chi connectivity index (χ0) is 31.1. The van der Waals surface area contributed by atoms with Gasteiger partial charge in [-0.2, -0.15) is 18.0 Å². The molecule has 0 spiro atoms. The van der Waals surface area contributed by atoms with Gasteiger partial charge in [0.05, 0.1) is 18.0 Å². The van der Waals surface area contributed by atoms with Gasteiger partial charge in [-0.1, -0.05) is 35.4 Å². The maximum absolute atomic E-state index is 14.9. The molecule has 0 saturated carbocycles. The van der Waals surface area contributed by atoms with Crippen LogP contribution in [0.1, 0.15) is 62.8 Å². The Morgan fingerprint density at radius 2 is 1.81 bits per heavy atom. The number of carbonyl (C=O) groups is 3. The Hall–Kier alpha value is -4.55. The molecule has 2 heterocycles. The number of H-pyrrole nitrogens is 1. The van der Waals surface area contributed by atoms with Gasteiger partial charge >= 0.3 is 17.7 Å². The van der Waals surface area contributed by atoms with Crippen molar-refractivity contribution in [2.24, 2.45) is 0 Å². The molecular formula is C30H29F4N4O5+. The first-order valence-corrected chi connectivity index (χ1v) is 13.7. The Kier molecular flexibility index (Phi) is 8.08. The highest BCUT2D eigenvalue weighted by atomic mass is 19.4. The number of aromatic nitrogens is 2. The molecule has 2 amide bonds. The first kappa shape index (κ1) is 29.9. The molecule has 1 aromatic heterocycles. The molecule has 0 bridgehead atoms. The molecule has 1 aliphatic heterocycles. The fourth-order valence-electron chi connectivity index (χ4n) is 5.65. The van der Waals surface area contributed by atoms with Crippen LogP contribution in [0.5, 0.6) is 0 Å². The zero-order valence-corrected chi connectivity index (χ0v) is 23.5. The van der Waals surface area contributed by atoms with E-state index in [1.165, 1.54) is 36.4 Å². The van der Waals surface area contributed by atoms with E-state index in [0.717, 1.165) is 30.9 Å². The molecule has 0 radical (unpaired) electrons. The number of hydrogen-bond acceptors (Lipinski definition) is 5. The second-order valence-electron chi connectivity index (χ2n) is 10.7. The van der Waals surface area contributed by atoms with Crippen molar-refractivity contribution in [1.29, 1.82) is 0 Å². The number of rotatable bonds is 5. The van der Waals surface area contributed by atoms with Crippen LogP contribution >= 0.6 is 0 Å². The van der Waals surface area contributed by atoms with Crippen molar-refractivity contribution >= 4 is 17.8 Å². The lowest BCUT2D eigenvalue weighted by molar-refractivity contribution is -0.921. The van der Waals surface area contributed by atoms with Crippen LogP contribution in [0, 0.1) is 19.7 Å². The van der Waals surface area contributed by atoms with Crippen LogP contribution in [-0.4, -0.2) is 58.5 Å². The van der Waals surface area contributed by atoms with Crippen molar-refractivity contribution in [3.8, 4) is 0 Å². The lowest BCUT2D eigenvalue weighted by Crippen LogP contribution is -2.58. The summed E-state index contributed by atoms with van der Waals surface area (Å²) in [6.07, 6.45) is -2.84. The molecule has 9 nitrogen and oxygen atoms in total. The van der Waals surface area contributed by atoms with Crippen LogP contribution in [0.4, 0.5) is 17.6 Å². The molecule has 5 rings (SSSR count). The summed E-state index contributed by atoms with van der Waals surface area (Å²) in [5.41, 5.74) is 1.90. The summed E-state index contributed by atoms with van der Waals surface area (Å²) in [6, 6.07) is 11.5. The number of benzene rings is 2. The maximum Gasteiger partial charge on any atom is 0.498 e. The highest BCUT2D eigenvalue weighted by molar-refractivity contribution is 5.97. The highest BCUT2D eigenvalue weighted by Gasteiger charge is 2.46. The summed E-state index contributed by atoms with van der Waals surface area (Å²) in [4.78, 5) is 58.1. The van der Waals surface area contributed by atoms with Gasteiger partial charge in [0.25, 0.3) is 11.6 Å². The highest BCUT2D eigenvalue weighted by Crippen LogP contribution is 2.35. The maximum atomic E-state index is 14.9. The van der Waals surface area contributed by atoms with Gasteiger partial charge in [0.15, 0.2) is 0 Å². The molecule has 1 unspecified atom stereocenters. The predicted molar refractivity (Wildman–Crippen MR) is 143 cm³/mol. The van der Waals surface area contributed by atoms with Gasteiger partial charge in [-0.25, -0.2) is 9.18 Å². The van der Waals surface area contributed by atoms with E-state index in [-0.39, 0.29) is 60.4 Å². The summed E-state index contributed by atoms with van der Waals surface area (Å²) in [6.45, 7) is 3.15. The summed E-state index contributed by atoms with van der Waals surface area (Å²) in [5.74, 6) is -4.34. The lowest BCUT2D eigenvalue weighted by Gasteiger charge is -2.41. The molecule has 2 aromatic carbocycles. The third kappa shape index (κ3) is 6.02. The van der Waals surface area contributed by atoms with Crippen molar-refractivity contribution in [3.05, 3.63) is 97.7 Å². The van der Waals surface area contributed by atoms with Crippen LogP contribution in [0.25, 0.3) is 0 Å². The minimum absolute atomic E-state index is 0.0173. The average Bonchev–Trinajstić information content (AvgIpc) is 2.97. The molecule has 1 atom stereocenters. The molecule has 1 aliphatic carbocycles. The minimum Gasteiger partial charge on any atom is -0.332 e. The summed E-state index contributed by atoms with van der Waals surface area (Å²) in [7, 11) is 0. The molecule has 3 aromatic rings. The van der Waals surface area contributed by atoms with E-state index >= 15 is 0 Å². The number of carbonyl (C=O) groups excluding carboxylic acids is 3. The van der Waals surface area contributed by atoms with Crippen molar-refractivity contribution in [1.82, 2.24) is 14.9 Å². The van der Waals surface area contributed by atoms with E-state index in [4.69, 9.17) is 0 Å². The van der Waals surface area contributed by atoms with Gasteiger partial charge in [0, 0.05) is 24.2 Å². The van der Waals surface area contributed by atoms with Gasteiger partial charge in [0.2, 0.25) is 5.91 Å². The van der Waals surface area contributed by atoms with Gasteiger partial charge in [0.1, 0.15) is 17.2 Å². The molecule has 1 saturated heterocycles. The third-order valence-electron chi connectivity index (χ3n) is 8.08. The second-order valence-corrected chi connectivity index (χ2v) is 10.7. The fourth-order valence-corrected chi connectivity index (χ4v) is 5.65. The SMILES string of the molecule is Cc1c(C)c(=O)[nH][n+](OC(=O)C(F)(F)F)c1Cc1ccc(F)c(C(=O)N2CCN(C3CCCc4ccccc43)C(=O)C2)c1. The van der Waals surface area contributed by atoms with Gasteiger partial charge in [-0.3, -0.25) is 14.4 Å². The Labute approximate surface area is 243 Å². The number of aromatic amines is 1. The number of hydrogen-bond donors (Lipinski definition) is 1. The lowest BCUT2D eigenvalue weighted by atomic mass is 9.86. The van der Waals surface area contributed by atoms with Gasteiger partial charge < -0.3 is 9.80 Å². The van der Waals surface area contributed by atoms with Crippen LogP contribution < -0.4 is 15.2 Å². The first-order valence-electron chi connectivity index (χ1n) is 13.7. The number of nitrogens with zero attached hydrogens (tertiary/aromatic N) is 3. The van der Waals surface area contributed by atoms with Crippen molar-refractivity contribution < 1.29 is 41.6 Å². The van der Waals surface area contributed by atoms with E-state index in [9.17, 15) is 36.7 Å². The molecule has 1 N–H and O–H groups in total. The largest absolute Gasteiger partial charge is 0.498 e. The van der Waals surface area contributed by atoms with E-state index in [2.05, 4.69) is 16.0 Å². The van der Waals surface area contributed by atoms with E-state index in [1.54, 1.807) is 4.90 Å². The monoisotopic (exact) mass is 601 g/mol. The van der Waals surface area contributed by atoms with Crippen molar-refractivity contribution in [2.75, 3.05) is 19.6 Å². The van der Waals surface area contributed by atoms with E-state index < -0.39 is 29.4 Å². The first-order chi connectivity index (χ1) is 20.3. The van der Waals surface area contributed by atoms with Gasteiger partial charge in [-0.15, -0.1) is 0 Å². The number of amides is 2. The number of alkyl halides is 3. The summed E-state index contributed by atoms with van der Waals surface area (Å²) < 4.78 is 53.5. The Bertz CT molecular complexity index is 1670. The van der Waals surface area contributed by atoms with Crippen LogP contribution in [0.3, 0.4) is 0 Å². The van der Waals surface area contributed by atoms with Crippen LogP contribution in [0.15, 0.2) is 47.3 Å². The molecule has 1 fully saturated rings. The molecule has 13 heteroatoms. The average molecular weight is 602 g/mol. The zero-order valence-electron chi connectivity index (χ0n) is 23.5. The van der Waals surface area contributed by atoms with E-state index in [0.29, 0.717) is 10.4 Å². The third-order valence-corrected chi connectivity index (χ3v) is 8.08. The standard InChI is InChI=1S/C30H28F4N4O5/c1-17-18(2)27(40)35-38(43-29(42)30(32,33)34)25(17)15-19-10-11-23(31)22(14-19)28(41)36-12-13-37(26(39)16-36)24-9-5-7-20-6-3-4-8-21(20)24/h3-4,6,8,10-11,14,24H,5,7,9,12-13,15-16H2,1-2H3/p+1. The number of piperazine rings is 1. The number of fused-ring (bicyclic) bond motifs is 1. The van der Waals surface area contributed by atoms with Gasteiger partial charge in [-0.05, 0) is 61.9 Å². The normalized spacial score (nSPS) is 17.1. The summed E-state index contributed by atoms with van der Waals surface area (Å²) in [5, 5.41) is 2.08. The van der Waals surface area contributed by atoms with Crippen LogP contribution in [0.2, 0.25) is 0 Å². The Morgan fingerprint density at radius 3 is 2.53 bits per heavy atom. The molecule has 43 heavy (non-hydrogen) atoms. The quantitative estimate of drug-likeness (QED) is 0.358. The van der Waals surface area contributed by atoms with Crippen molar-refractivity contribution in [3.63, 3.8) is 0 Å². The topological polar surface area (TPSA) is 104 Å². The smallest absolute Gasteiger partial charge is 0.332 e. The molecular weight excluding hydrogens is 572 g/mol. The number of nitrogens with one attached hydrogen (secondary N) is 1. The molecule has 2 aliphatic rings. The fraction of sp³-hybridized carbons (Fsp3) is 0.367. The van der Waals surface area contributed by atoms with Crippen LogP contribution in [-0.2, 0) is 22.4 Å².